The smallest absolute Gasteiger partial charge is 0.256 e. The third-order valence-corrected chi connectivity index (χ3v) is 5.11. The maximum Gasteiger partial charge on any atom is 0.256 e. The van der Waals surface area contributed by atoms with Crippen LogP contribution in [0.3, 0.4) is 0 Å². The van der Waals surface area contributed by atoms with Crippen LogP contribution in [0.5, 0.6) is 5.75 Å². The van der Waals surface area contributed by atoms with Gasteiger partial charge in [0.15, 0.2) is 0 Å². The summed E-state index contributed by atoms with van der Waals surface area (Å²) < 4.78 is 11.9. The summed E-state index contributed by atoms with van der Waals surface area (Å²) in [5, 5.41) is 3.09. The van der Waals surface area contributed by atoms with Crippen molar-refractivity contribution in [1.29, 1.82) is 0 Å². The van der Waals surface area contributed by atoms with Crippen LogP contribution < -0.4 is 10.1 Å². The van der Waals surface area contributed by atoms with Gasteiger partial charge in [0.1, 0.15) is 11.4 Å². The van der Waals surface area contributed by atoms with Crippen LogP contribution in [0.15, 0.2) is 12.1 Å². The summed E-state index contributed by atoms with van der Waals surface area (Å²) in [6.07, 6.45) is 6.04. The minimum Gasteiger partial charge on any atom is -0.490 e. The van der Waals surface area contributed by atoms with Crippen molar-refractivity contribution in [1.82, 2.24) is 0 Å². The average molecular weight is 347 g/mol. The first-order valence-electron chi connectivity index (χ1n) is 9.65. The third kappa shape index (κ3) is 4.75. The number of aryl methyl sites for hydroxylation is 2. The fourth-order valence-electron chi connectivity index (χ4n) is 3.57. The van der Waals surface area contributed by atoms with E-state index in [9.17, 15) is 4.79 Å². The highest BCUT2D eigenvalue weighted by Crippen LogP contribution is 2.34. The largest absolute Gasteiger partial charge is 0.490 e. The topological polar surface area (TPSA) is 47.6 Å². The van der Waals surface area contributed by atoms with Crippen LogP contribution in [-0.2, 0) is 9.53 Å². The van der Waals surface area contributed by atoms with Gasteiger partial charge in [-0.15, -0.1) is 0 Å². The average Bonchev–Trinajstić information content (AvgIpc) is 2.59. The van der Waals surface area contributed by atoms with Gasteiger partial charge in [-0.05, 0) is 70.2 Å². The van der Waals surface area contributed by atoms with Crippen LogP contribution in [0.4, 0.5) is 5.69 Å². The Morgan fingerprint density at radius 3 is 2.28 bits per heavy atom. The number of benzene rings is 1. The summed E-state index contributed by atoms with van der Waals surface area (Å²) in [4.78, 5) is 12.9. The van der Waals surface area contributed by atoms with Crippen LogP contribution in [0, 0.1) is 13.8 Å². The fraction of sp³-hybridized carbons (Fsp3) is 0.667. The molecule has 1 aromatic rings. The van der Waals surface area contributed by atoms with Gasteiger partial charge in [0, 0.05) is 12.3 Å². The molecule has 0 bridgehead atoms. The SMILES string of the molecule is CCOC1(C(=O)Nc2cc(C)c(OC(C)CC)c(C)c2)CCCCC1. The van der Waals surface area contributed by atoms with Crippen molar-refractivity contribution in [2.45, 2.75) is 84.8 Å². The van der Waals surface area contributed by atoms with Crippen molar-refractivity contribution in [3.8, 4) is 5.75 Å². The quantitative estimate of drug-likeness (QED) is 0.741. The van der Waals surface area contributed by atoms with Crippen LogP contribution in [-0.4, -0.2) is 24.2 Å². The lowest BCUT2D eigenvalue weighted by Crippen LogP contribution is -2.47. The highest BCUT2D eigenvalue weighted by molar-refractivity contribution is 5.97. The number of hydrogen-bond acceptors (Lipinski definition) is 3. The summed E-state index contributed by atoms with van der Waals surface area (Å²) in [6, 6.07) is 3.98. The van der Waals surface area contributed by atoms with Gasteiger partial charge < -0.3 is 14.8 Å². The molecule has 25 heavy (non-hydrogen) atoms. The van der Waals surface area contributed by atoms with E-state index in [1.54, 1.807) is 0 Å². The van der Waals surface area contributed by atoms with Crippen molar-refractivity contribution in [3.63, 3.8) is 0 Å². The van der Waals surface area contributed by atoms with Crippen molar-refractivity contribution in [2.24, 2.45) is 0 Å². The van der Waals surface area contributed by atoms with Crippen molar-refractivity contribution in [3.05, 3.63) is 23.3 Å². The summed E-state index contributed by atoms with van der Waals surface area (Å²) >= 11 is 0. The van der Waals surface area contributed by atoms with E-state index in [4.69, 9.17) is 9.47 Å². The van der Waals surface area contributed by atoms with E-state index >= 15 is 0 Å². The van der Waals surface area contributed by atoms with Crippen LogP contribution >= 0.6 is 0 Å². The minimum absolute atomic E-state index is 0.0107. The van der Waals surface area contributed by atoms with Crippen molar-refractivity contribution in [2.75, 3.05) is 11.9 Å². The summed E-state index contributed by atoms with van der Waals surface area (Å²) in [6.45, 7) is 10.8. The molecule has 0 radical (unpaired) electrons. The Labute approximate surface area is 152 Å². The number of carbonyl (C=O) groups is 1. The van der Waals surface area contributed by atoms with Gasteiger partial charge in [0.2, 0.25) is 0 Å². The number of rotatable bonds is 7. The first-order chi connectivity index (χ1) is 11.9. The second-order valence-electron chi connectivity index (χ2n) is 7.22. The molecule has 0 aliphatic heterocycles. The zero-order valence-corrected chi connectivity index (χ0v) is 16.4. The van der Waals surface area contributed by atoms with Gasteiger partial charge >= 0.3 is 0 Å². The van der Waals surface area contributed by atoms with E-state index in [2.05, 4.69) is 19.2 Å². The molecular weight excluding hydrogens is 314 g/mol. The van der Waals surface area contributed by atoms with E-state index < -0.39 is 5.60 Å². The number of hydrogen-bond donors (Lipinski definition) is 1. The Kier molecular flexibility index (Phi) is 6.88. The lowest BCUT2D eigenvalue weighted by atomic mass is 9.83. The summed E-state index contributed by atoms with van der Waals surface area (Å²) in [5.74, 6) is 0.910. The van der Waals surface area contributed by atoms with E-state index in [1.165, 1.54) is 6.42 Å². The van der Waals surface area contributed by atoms with Gasteiger partial charge in [-0.2, -0.15) is 0 Å². The van der Waals surface area contributed by atoms with Crippen LogP contribution in [0.2, 0.25) is 0 Å². The monoisotopic (exact) mass is 347 g/mol. The molecule has 140 valence electrons. The second-order valence-corrected chi connectivity index (χ2v) is 7.22. The molecule has 1 fully saturated rings. The molecule has 0 saturated heterocycles. The molecule has 1 aromatic carbocycles. The number of amides is 1. The molecule has 0 spiro atoms. The van der Waals surface area contributed by atoms with Gasteiger partial charge in [0.05, 0.1) is 6.10 Å². The Bertz CT molecular complexity index is 562. The predicted molar refractivity (Wildman–Crippen MR) is 102 cm³/mol. The molecule has 1 N–H and O–H groups in total. The molecule has 0 aromatic heterocycles. The zero-order valence-electron chi connectivity index (χ0n) is 16.4. The molecule has 0 heterocycles. The number of carbonyl (C=O) groups excluding carboxylic acids is 1. The van der Waals surface area contributed by atoms with Gasteiger partial charge in [0.25, 0.3) is 5.91 Å². The van der Waals surface area contributed by atoms with Crippen LogP contribution in [0.25, 0.3) is 0 Å². The van der Waals surface area contributed by atoms with Crippen molar-refractivity contribution < 1.29 is 14.3 Å². The maximum atomic E-state index is 12.9. The third-order valence-electron chi connectivity index (χ3n) is 5.11. The molecule has 4 nitrogen and oxygen atoms in total. The maximum absolute atomic E-state index is 12.9. The zero-order chi connectivity index (χ0) is 18.4. The lowest BCUT2D eigenvalue weighted by molar-refractivity contribution is -0.145. The standard InChI is InChI=1S/C21H33NO3/c1-6-17(5)25-19-15(3)13-18(14-16(19)4)22-20(23)21(24-7-2)11-9-8-10-12-21/h13-14,17H,6-12H2,1-5H3,(H,22,23). The van der Waals surface area contributed by atoms with Gasteiger partial charge in [-0.25, -0.2) is 0 Å². The number of anilines is 1. The Morgan fingerprint density at radius 1 is 1.16 bits per heavy atom. The van der Waals surface area contributed by atoms with Crippen molar-refractivity contribution >= 4 is 11.6 Å². The summed E-state index contributed by atoms with van der Waals surface area (Å²) in [7, 11) is 0. The molecular formula is C21H33NO3. The fourth-order valence-corrected chi connectivity index (χ4v) is 3.57. The molecule has 1 atom stereocenters. The lowest BCUT2D eigenvalue weighted by Gasteiger charge is -2.35. The Balaban J connectivity index is 2.17. The predicted octanol–water partition coefficient (Wildman–Crippen LogP) is 5.16. The van der Waals surface area contributed by atoms with E-state index in [0.717, 1.165) is 54.7 Å². The van der Waals surface area contributed by atoms with E-state index in [-0.39, 0.29) is 12.0 Å². The Hall–Kier alpha value is -1.55. The van der Waals surface area contributed by atoms with E-state index in [1.807, 2.05) is 32.9 Å². The van der Waals surface area contributed by atoms with E-state index in [0.29, 0.717) is 6.61 Å². The molecule has 1 aliphatic carbocycles. The molecule has 1 saturated carbocycles. The second kappa shape index (κ2) is 8.70. The molecule has 2 rings (SSSR count). The molecule has 1 unspecified atom stereocenters. The van der Waals surface area contributed by atoms with Gasteiger partial charge in [-0.3, -0.25) is 4.79 Å². The minimum atomic E-state index is -0.666. The first-order valence-corrected chi connectivity index (χ1v) is 9.65. The van der Waals surface area contributed by atoms with Crippen LogP contribution in [0.1, 0.15) is 70.4 Å². The highest BCUT2D eigenvalue weighted by atomic mass is 16.5. The first kappa shape index (κ1) is 19.8. The molecule has 1 amide bonds. The number of ether oxygens (including phenoxy) is 2. The summed E-state index contributed by atoms with van der Waals surface area (Å²) in [5.41, 5.74) is 2.25. The number of nitrogens with one attached hydrogen (secondary N) is 1. The van der Waals surface area contributed by atoms with Gasteiger partial charge in [-0.1, -0.05) is 26.2 Å². The molecule has 1 aliphatic rings. The highest BCUT2D eigenvalue weighted by Gasteiger charge is 2.40. The molecule has 4 heteroatoms. The Morgan fingerprint density at radius 2 is 1.76 bits per heavy atom. The normalized spacial score (nSPS) is 17.8.